The first-order valence-electron chi connectivity index (χ1n) is 5.02. The number of rotatable bonds is 3. The molecule has 0 radical (unpaired) electrons. The quantitative estimate of drug-likeness (QED) is 0.762. The fraction of sp³-hybridized carbons (Fsp3) is 0.700. The van der Waals surface area contributed by atoms with Crippen molar-refractivity contribution in [1.29, 1.82) is 0 Å². The summed E-state index contributed by atoms with van der Waals surface area (Å²) >= 11 is 0. The lowest BCUT2D eigenvalue weighted by atomic mass is 9.75. The molecule has 1 fully saturated rings. The second-order valence-electron chi connectivity index (χ2n) is 4.05. The van der Waals surface area contributed by atoms with E-state index in [4.69, 9.17) is 5.73 Å². The molecular weight excluding hydrogens is 162 g/mol. The Morgan fingerprint density at radius 1 is 1.62 bits per heavy atom. The van der Waals surface area contributed by atoms with Crippen molar-refractivity contribution in [2.24, 2.45) is 17.6 Å². The molecule has 0 spiro atoms. The zero-order valence-corrected chi connectivity index (χ0v) is 8.11. The Kier molecular flexibility index (Phi) is 2.36. The van der Waals surface area contributed by atoms with Crippen LogP contribution in [0.5, 0.6) is 0 Å². The average Bonchev–Trinajstić information content (AvgIpc) is 2.59. The molecule has 3 nitrogen and oxygen atoms in total. The molecule has 1 heterocycles. The molecule has 0 bridgehead atoms. The van der Waals surface area contributed by atoms with E-state index in [1.807, 2.05) is 16.9 Å². The van der Waals surface area contributed by atoms with Crippen molar-refractivity contribution >= 4 is 0 Å². The van der Waals surface area contributed by atoms with Gasteiger partial charge >= 0.3 is 0 Å². The molecule has 3 heteroatoms. The topological polar surface area (TPSA) is 43.8 Å². The van der Waals surface area contributed by atoms with Gasteiger partial charge < -0.3 is 5.73 Å². The lowest BCUT2D eigenvalue weighted by Crippen LogP contribution is -2.27. The van der Waals surface area contributed by atoms with Crippen molar-refractivity contribution in [3.8, 4) is 0 Å². The van der Waals surface area contributed by atoms with Crippen LogP contribution in [0.2, 0.25) is 0 Å². The maximum Gasteiger partial charge on any atom is 0.0760 e. The molecular formula is C10H17N3. The van der Waals surface area contributed by atoms with E-state index in [0.29, 0.717) is 6.54 Å². The van der Waals surface area contributed by atoms with Crippen LogP contribution in [0.1, 0.15) is 25.5 Å². The van der Waals surface area contributed by atoms with Crippen molar-refractivity contribution in [3.63, 3.8) is 0 Å². The first-order valence-corrected chi connectivity index (χ1v) is 5.02. The maximum atomic E-state index is 5.49. The van der Waals surface area contributed by atoms with E-state index in [0.717, 1.165) is 24.1 Å². The van der Waals surface area contributed by atoms with Crippen LogP contribution >= 0.6 is 0 Å². The number of hydrogen-bond acceptors (Lipinski definition) is 2. The summed E-state index contributed by atoms with van der Waals surface area (Å²) in [6.07, 6.45) is 4.78. The minimum atomic E-state index is 0.549. The molecule has 0 aliphatic heterocycles. The largest absolute Gasteiger partial charge is 0.325 e. The summed E-state index contributed by atoms with van der Waals surface area (Å²) < 4.78 is 2.03. The first kappa shape index (κ1) is 8.75. The lowest BCUT2D eigenvalue weighted by molar-refractivity contribution is 0.165. The molecule has 1 aromatic heterocycles. The number of hydrogen-bond donors (Lipinski definition) is 1. The Hall–Kier alpha value is -0.830. The van der Waals surface area contributed by atoms with Gasteiger partial charge in [0.1, 0.15) is 0 Å². The summed E-state index contributed by atoms with van der Waals surface area (Å²) in [5, 5.41) is 4.38. The van der Waals surface area contributed by atoms with Gasteiger partial charge in [-0.3, -0.25) is 4.68 Å². The van der Waals surface area contributed by atoms with E-state index in [1.54, 1.807) is 0 Å². The molecule has 1 saturated carbocycles. The smallest absolute Gasteiger partial charge is 0.0760 e. The summed E-state index contributed by atoms with van der Waals surface area (Å²) in [6.45, 7) is 3.94. The zero-order valence-electron chi connectivity index (χ0n) is 8.11. The summed E-state index contributed by atoms with van der Waals surface area (Å²) in [5.41, 5.74) is 6.48. The molecule has 1 aromatic rings. The minimum Gasteiger partial charge on any atom is -0.325 e. The lowest BCUT2D eigenvalue weighted by Gasteiger charge is -2.33. The Balaban J connectivity index is 1.93. The molecule has 13 heavy (non-hydrogen) atoms. The van der Waals surface area contributed by atoms with Crippen LogP contribution in [-0.2, 0) is 13.1 Å². The van der Waals surface area contributed by atoms with Crippen molar-refractivity contribution < 1.29 is 0 Å². The molecule has 2 atom stereocenters. The van der Waals surface area contributed by atoms with Crippen molar-refractivity contribution in [2.45, 2.75) is 32.9 Å². The molecule has 0 unspecified atom stereocenters. The van der Waals surface area contributed by atoms with Gasteiger partial charge in [0, 0.05) is 19.3 Å². The molecule has 0 amide bonds. The van der Waals surface area contributed by atoms with Crippen LogP contribution in [0.25, 0.3) is 0 Å². The van der Waals surface area contributed by atoms with E-state index >= 15 is 0 Å². The fourth-order valence-electron chi connectivity index (χ4n) is 1.86. The summed E-state index contributed by atoms with van der Waals surface area (Å²) in [7, 11) is 0. The van der Waals surface area contributed by atoms with Crippen LogP contribution in [0, 0.1) is 11.8 Å². The second kappa shape index (κ2) is 3.50. The minimum absolute atomic E-state index is 0.549. The highest BCUT2D eigenvalue weighted by atomic mass is 15.3. The second-order valence-corrected chi connectivity index (χ2v) is 4.05. The average molecular weight is 179 g/mol. The van der Waals surface area contributed by atoms with Crippen LogP contribution in [0.15, 0.2) is 12.3 Å². The van der Waals surface area contributed by atoms with Crippen LogP contribution in [-0.4, -0.2) is 9.78 Å². The number of aromatic nitrogens is 2. The van der Waals surface area contributed by atoms with Crippen molar-refractivity contribution in [3.05, 3.63) is 18.0 Å². The van der Waals surface area contributed by atoms with Gasteiger partial charge in [-0.15, -0.1) is 0 Å². The van der Waals surface area contributed by atoms with Crippen LogP contribution in [0.3, 0.4) is 0 Å². The number of nitrogens with two attached hydrogens (primary N) is 1. The van der Waals surface area contributed by atoms with Crippen LogP contribution in [0.4, 0.5) is 0 Å². The van der Waals surface area contributed by atoms with Crippen molar-refractivity contribution in [2.75, 3.05) is 0 Å². The highest BCUT2D eigenvalue weighted by Gasteiger charge is 2.26. The third kappa shape index (κ3) is 1.75. The first-order chi connectivity index (χ1) is 6.29. The third-order valence-electron chi connectivity index (χ3n) is 3.12. The standard InChI is InChI=1S/C10H17N3/c1-8-2-3-9(8)7-13-5-4-10(6-11)12-13/h4-5,8-9H,2-3,6-7,11H2,1H3/t8-,9-/m0/s1. The van der Waals surface area contributed by atoms with Gasteiger partial charge in [0.15, 0.2) is 0 Å². The van der Waals surface area contributed by atoms with Crippen LogP contribution < -0.4 is 5.73 Å². The highest BCUT2D eigenvalue weighted by Crippen LogP contribution is 2.34. The van der Waals surface area contributed by atoms with E-state index in [1.165, 1.54) is 12.8 Å². The normalized spacial score (nSPS) is 27.2. The maximum absolute atomic E-state index is 5.49. The zero-order chi connectivity index (χ0) is 9.26. The highest BCUT2D eigenvalue weighted by molar-refractivity contribution is 4.98. The Bertz CT molecular complexity index is 279. The van der Waals surface area contributed by atoms with Crippen molar-refractivity contribution in [1.82, 2.24) is 9.78 Å². The summed E-state index contributed by atoms with van der Waals surface area (Å²) in [6, 6.07) is 2.00. The SMILES string of the molecule is C[C@H]1CC[C@H]1Cn1ccc(CN)n1. The predicted octanol–water partition coefficient (Wildman–Crippen LogP) is 1.39. The van der Waals surface area contributed by atoms with Gasteiger partial charge in [-0.2, -0.15) is 5.10 Å². The summed E-state index contributed by atoms with van der Waals surface area (Å²) in [4.78, 5) is 0. The van der Waals surface area contributed by atoms with E-state index < -0.39 is 0 Å². The Morgan fingerprint density at radius 3 is 2.92 bits per heavy atom. The fourth-order valence-corrected chi connectivity index (χ4v) is 1.86. The third-order valence-corrected chi connectivity index (χ3v) is 3.12. The molecule has 2 rings (SSSR count). The molecule has 1 aliphatic rings. The van der Waals surface area contributed by atoms with E-state index in [9.17, 15) is 0 Å². The Labute approximate surface area is 78.9 Å². The predicted molar refractivity (Wildman–Crippen MR) is 52.0 cm³/mol. The number of nitrogens with zero attached hydrogens (tertiary/aromatic N) is 2. The van der Waals surface area contributed by atoms with E-state index in [-0.39, 0.29) is 0 Å². The molecule has 72 valence electrons. The molecule has 0 saturated heterocycles. The van der Waals surface area contributed by atoms with Gasteiger partial charge in [0.05, 0.1) is 5.69 Å². The van der Waals surface area contributed by atoms with Gasteiger partial charge in [-0.25, -0.2) is 0 Å². The summed E-state index contributed by atoms with van der Waals surface area (Å²) in [5.74, 6) is 1.72. The molecule has 1 aliphatic carbocycles. The van der Waals surface area contributed by atoms with E-state index in [2.05, 4.69) is 12.0 Å². The monoisotopic (exact) mass is 179 g/mol. The Morgan fingerprint density at radius 2 is 2.46 bits per heavy atom. The molecule has 2 N–H and O–H groups in total. The molecule has 0 aromatic carbocycles. The van der Waals surface area contributed by atoms with Gasteiger partial charge in [-0.05, 0) is 24.3 Å². The van der Waals surface area contributed by atoms with Gasteiger partial charge in [0.2, 0.25) is 0 Å². The van der Waals surface area contributed by atoms with Gasteiger partial charge in [0.25, 0.3) is 0 Å². The van der Waals surface area contributed by atoms with Gasteiger partial charge in [-0.1, -0.05) is 13.3 Å².